The lowest BCUT2D eigenvalue weighted by atomic mass is 9.83. The van der Waals surface area contributed by atoms with Crippen LogP contribution in [0.25, 0.3) is 0 Å². The fourth-order valence-corrected chi connectivity index (χ4v) is 3.39. The number of likely N-dealkylation sites (tertiary alicyclic amines) is 1. The van der Waals surface area contributed by atoms with Crippen molar-refractivity contribution >= 4 is 11.9 Å². The van der Waals surface area contributed by atoms with Crippen LogP contribution in [0.2, 0.25) is 0 Å². The molecule has 0 bridgehead atoms. The summed E-state index contributed by atoms with van der Waals surface area (Å²) < 4.78 is 5.69. The maximum atomic E-state index is 12.1. The monoisotopic (exact) mass is 271 g/mol. The van der Waals surface area contributed by atoms with Crippen molar-refractivity contribution < 1.29 is 14.3 Å². The predicted octanol–water partition coefficient (Wildman–Crippen LogP) is 2.08. The fourth-order valence-electron chi connectivity index (χ4n) is 3.39. The molecule has 3 aliphatic rings. The Morgan fingerprint density at radius 3 is 2.60 bits per heavy atom. The van der Waals surface area contributed by atoms with Gasteiger partial charge >= 0.3 is 5.97 Å². The first-order valence-electron chi connectivity index (χ1n) is 7.31. The third-order valence-corrected chi connectivity index (χ3v) is 4.74. The number of carbonyl (C=O) groups is 2. The van der Waals surface area contributed by atoms with E-state index in [9.17, 15) is 9.59 Å². The van der Waals surface area contributed by atoms with E-state index in [4.69, 9.17) is 4.74 Å². The van der Waals surface area contributed by atoms with E-state index in [2.05, 4.69) is 0 Å². The third-order valence-electron chi connectivity index (χ3n) is 4.74. The Morgan fingerprint density at radius 1 is 1.20 bits per heavy atom. The van der Waals surface area contributed by atoms with Gasteiger partial charge in [0.1, 0.15) is 5.60 Å². The third kappa shape index (κ3) is 1.67. The summed E-state index contributed by atoms with van der Waals surface area (Å²) in [4.78, 5) is 26.0. The molecule has 4 heteroatoms. The number of hydrogen-bond acceptors (Lipinski definition) is 3. The highest BCUT2D eigenvalue weighted by Gasteiger charge is 2.48. The van der Waals surface area contributed by atoms with E-state index in [1.54, 1.807) is 0 Å². The average molecular weight is 271 g/mol. The average Bonchev–Trinajstić information content (AvgIpc) is 3.28. The molecule has 0 atom stereocenters. The number of ether oxygens (including phenoxy) is 1. The molecule has 4 nitrogen and oxygen atoms in total. The highest BCUT2D eigenvalue weighted by atomic mass is 16.6. The standard InChI is InChI=1S/C16H17NO3/c18-14(11-5-6-11)17-9-7-16(8-10-17)13-4-2-1-3-12(13)15(19)20-16/h1-4,11H,5-10H2. The zero-order valence-corrected chi connectivity index (χ0v) is 11.3. The summed E-state index contributed by atoms with van der Waals surface area (Å²) >= 11 is 0. The summed E-state index contributed by atoms with van der Waals surface area (Å²) in [6, 6.07) is 7.63. The fraction of sp³-hybridized carbons (Fsp3) is 0.500. The highest BCUT2D eigenvalue weighted by molar-refractivity contribution is 5.94. The van der Waals surface area contributed by atoms with Gasteiger partial charge in [-0.15, -0.1) is 0 Å². The molecule has 2 heterocycles. The Hall–Kier alpha value is -1.84. The summed E-state index contributed by atoms with van der Waals surface area (Å²) in [5.74, 6) is 0.336. The molecular formula is C16H17NO3. The highest BCUT2D eigenvalue weighted by Crippen LogP contribution is 2.44. The molecule has 1 amide bonds. The Kier molecular flexibility index (Phi) is 2.43. The van der Waals surface area contributed by atoms with Gasteiger partial charge in [0.2, 0.25) is 5.91 Å². The van der Waals surface area contributed by atoms with Gasteiger partial charge in [0.05, 0.1) is 5.56 Å². The van der Waals surface area contributed by atoms with Crippen LogP contribution in [0.4, 0.5) is 0 Å². The van der Waals surface area contributed by atoms with Crippen LogP contribution in [0.3, 0.4) is 0 Å². The summed E-state index contributed by atoms with van der Waals surface area (Å²) in [6.07, 6.45) is 3.51. The number of piperidine rings is 1. The van der Waals surface area contributed by atoms with Crippen molar-refractivity contribution in [2.24, 2.45) is 5.92 Å². The normalized spacial score (nSPS) is 23.6. The molecule has 0 N–H and O–H groups in total. The van der Waals surface area contributed by atoms with Crippen LogP contribution in [0.5, 0.6) is 0 Å². The summed E-state index contributed by atoms with van der Waals surface area (Å²) in [6.45, 7) is 1.38. The first kappa shape index (κ1) is 11.9. The van der Waals surface area contributed by atoms with Crippen LogP contribution in [0.15, 0.2) is 24.3 Å². The molecule has 1 spiro atoms. The minimum absolute atomic E-state index is 0.220. The number of rotatable bonds is 1. The van der Waals surface area contributed by atoms with Crippen LogP contribution in [-0.2, 0) is 15.1 Å². The van der Waals surface area contributed by atoms with Gasteiger partial charge in [-0.05, 0) is 18.9 Å². The van der Waals surface area contributed by atoms with Gasteiger partial charge in [0, 0.05) is 37.4 Å². The number of benzene rings is 1. The van der Waals surface area contributed by atoms with Gasteiger partial charge in [0.25, 0.3) is 0 Å². The van der Waals surface area contributed by atoms with Crippen LogP contribution >= 0.6 is 0 Å². The molecule has 2 aliphatic heterocycles. The van der Waals surface area contributed by atoms with E-state index in [0.29, 0.717) is 31.5 Å². The molecule has 0 radical (unpaired) electrons. The van der Waals surface area contributed by atoms with Crippen LogP contribution in [0, 0.1) is 5.92 Å². The van der Waals surface area contributed by atoms with Crippen LogP contribution in [-0.4, -0.2) is 29.9 Å². The lowest BCUT2D eigenvalue weighted by molar-refractivity contribution is -0.136. The van der Waals surface area contributed by atoms with Crippen molar-refractivity contribution in [3.63, 3.8) is 0 Å². The van der Waals surface area contributed by atoms with Gasteiger partial charge < -0.3 is 9.64 Å². The molecule has 1 aromatic carbocycles. The molecule has 1 aliphatic carbocycles. The Labute approximate surface area is 117 Å². The van der Waals surface area contributed by atoms with Crippen molar-refractivity contribution in [1.82, 2.24) is 4.90 Å². The lowest BCUT2D eigenvalue weighted by Crippen LogP contribution is -2.45. The van der Waals surface area contributed by atoms with E-state index in [0.717, 1.165) is 18.4 Å². The van der Waals surface area contributed by atoms with Crippen molar-refractivity contribution in [1.29, 1.82) is 0 Å². The van der Waals surface area contributed by atoms with Crippen molar-refractivity contribution in [3.05, 3.63) is 35.4 Å². The molecule has 2 fully saturated rings. The molecule has 104 valence electrons. The first-order chi connectivity index (χ1) is 9.70. The molecule has 4 rings (SSSR count). The van der Waals surface area contributed by atoms with Gasteiger partial charge in [-0.3, -0.25) is 4.79 Å². The zero-order valence-electron chi connectivity index (χ0n) is 11.3. The van der Waals surface area contributed by atoms with Gasteiger partial charge in [-0.2, -0.15) is 0 Å². The van der Waals surface area contributed by atoms with E-state index in [1.165, 1.54) is 0 Å². The Bertz CT molecular complexity index is 583. The van der Waals surface area contributed by atoms with E-state index in [-0.39, 0.29) is 17.8 Å². The van der Waals surface area contributed by atoms with Crippen molar-refractivity contribution in [3.8, 4) is 0 Å². The molecule has 1 aromatic rings. The first-order valence-corrected chi connectivity index (χ1v) is 7.31. The smallest absolute Gasteiger partial charge is 0.339 e. The summed E-state index contributed by atoms with van der Waals surface area (Å²) in [5, 5.41) is 0. The second-order valence-electron chi connectivity index (χ2n) is 6.03. The number of fused-ring (bicyclic) bond motifs is 2. The number of nitrogens with zero attached hydrogens (tertiary/aromatic N) is 1. The van der Waals surface area contributed by atoms with E-state index < -0.39 is 5.60 Å². The molecule has 20 heavy (non-hydrogen) atoms. The maximum absolute atomic E-state index is 12.1. The Morgan fingerprint density at radius 2 is 1.90 bits per heavy atom. The quantitative estimate of drug-likeness (QED) is 0.735. The zero-order chi connectivity index (χ0) is 13.7. The largest absolute Gasteiger partial charge is 0.450 e. The topological polar surface area (TPSA) is 46.6 Å². The van der Waals surface area contributed by atoms with Crippen molar-refractivity contribution in [2.75, 3.05) is 13.1 Å². The predicted molar refractivity (Wildman–Crippen MR) is 72.1 cm³/mol. The molecular weight excluding hydrogens is 254 g/mol. The van der Waals surface area contributed by atoms with E-state index >= 15 is 0 Å². The molecule has 1 saturated carbocycles. The number of esters is 1. The maximum Gasteiger partial charge on any atom is 0.339 e. The number of hydrogen-bond donors (Lipinski definition) is 0. The van der Waals surface area contributed by atoms with Crippen LogP contribution in [0.1, 0.15) is 41.6 Å². The lowest BCUT2D eigenvalue weighted by Gasteiger charge is -2.38. The van der Waals surface area contributed by atoms with Gasteiger partial charge in [0.15, 0.2) is 0 Å². The van der Waals surface area contributed by atoms with E-state index in [1.807, 2.05) is 29.2 Å². The minimum atomic E-state index is -0.492. The number of carbonyl (C=O) groups excluding carboxylic acids is 2. The second kappa shape index (κ2) is 4.08. The Balaban J connectivity index is 1.56. The van der Waals surface area contributed by atoms with Crippen LogP contribution < -0.4 is 0 Å². The van der Waals surface area contributed by atoms with Crippen molar-refractivity contribution in [2.45, 2.75) is 31.3 Å². The van der Waals surface area contributed by atoms with Gasteiger partial charge in [-0.25, -0.2) is 4.79 Å². The summed E-state index contributed by atoms with van der Waals surface area (Å²) in [7, 11) is 0. The second-order valence-corrected chi connectivity index (χ2v) is 6.03. The van der Waals surface area contributed by atoms with Gasteiger partial charge in [-0.1, -0.05) is 18.2 Å². The number of amides is 1. The molecule has 0 unspecified atom stereocenters. The minimum Gasteiger partial charge on any atom is -0.450 e. The summed E-state index contributed by atoms with van der Waals surface area (Å²) in [5.41, 5.74) is 1.20. The SMILES string of the molecule is O=C1OC2(CCN(C(=O)C3CC3)CC2)c2ccccc21. The molecule has 0 aromatic heterocycles. The molecule has 1 saturated heterocycles.